The SMILES string of the molecule is CCC(OC(=O)CC(CO)C(=O)NC(=O)I)C(C)C. The van der Waals surface area contributed by atoms with Gasteiger partial charge >= 0.3 is 5.97 Å². The van der Waals surface area contributed by atoms with E-state index in [2.05, 4.69) is 0 Å². The number of hydrogen-bond donors (Lipinski definition) is 2. The van der Waals surface area contributed by atoms with Gasteiger partial charge in [-0.2, -0.15) is 0 Å². The third-order valence-electron chi connectivity index (χ3n) is 2.65. The molecule has 0 saturated heterocycles. The lowest BCUT2D eigenvalue weighted by Crippen LogP contribution is -2.36. The van der Waals surface area contributed by atoms with Crippen molar-refractivity contribution >= 4 is 38.4 Å². The molecule has 0 aliphatic heterocycles. The number of ether oxygens (including phenoxy) is 1. The van der Waals surface area contributed by atoms with Gasteiger partial charge < -0.3 is 9.84 Å². The topological polar surface area (TPSA) is 92.7 Å². The van der Waals surface area contributed by atoms with E-state index in [4.69, 9.17) is 9.84 Å². The summed E-state index contributed by atoms with van der Waals surface area (Å²) < 4.78 is 4.68. The van der Waals surface area contributed by atoms with E-state index >= 15 is 0 Å². The van der Waals surface area contributed by atoms with Crippen LogP contribution in [0.2, 0.25) is 0 Å². The van der Waals surface area contributed by atoms with Crippen LogP contribution >= 0.6 is 22.6 Å². The summed E-state index contributed by atoms with van der Waals surface area (Å²) in [4.78, 5) is 33.9. The summed E-state index contributed by atoms with van der Waals surface area (Å²) in [5, 5.41) is 11.1. The van der Waals surface area contributed by atoms with Crippen LogP contribution in [0.3, 0.4) is 0 Å². The fourth-order valence-electron chi connectivity index (χ4n) is 1.55. The molecule has 2 unspecified atom stereocenters. The molecule has 0 fully saturated rings. The first kappa shape index (κ1) is 18.3. The molecule has 2 N–H and O–H groups in total. The van der Waals surface area contributed by atoms with E-state index in [1.807, 2.05) is 26.1 Å². The number of nitrogens with one attached hydrogen (secondary N) is 1. The highest BCUT2D eigenvalue weighted by atomic mass is 127. The van der Waals surface area contributed by atoms with E-state index in [1.165, 1.54) is 22.6 Å². The molecule has 0 aliphatic rings. The van der Waals surface area contributed by atoms with Crippen molar-refractivity contribution in [3.63, 3.8) is 0 Å². The average molecular weight is 385 g/mol. The maximum Gasteiger partial charge on any atom is 0.306 e. The third-order valence-corrected chi connectivity index (χ3v) is 2.92. The molecule has 0 aromatic carbocycles. The van der Waals surface area contributed by atoms with Crippen LogP contribution in [0, 0.1) is 11.8 Å². The molecular weight excluding hydrogens is 365 g/mol. The van der Waals surface area contributed by atoms with Gasteiger partial charge in [0.25, 0.3) is 3.91 Å². The van der Waals surface area contributed by atoms with E-state index < -0.39 is 28.3 Å². The molecule has 0 radical (unpaired) electrons. The quantitative estimate of drug-likeness (QED) is 0.301. The Morgan fingerprint density at radius 2 is 1.89 bits per heavy atom. The Labute approximate surface area is 126 Å². The van der Waals surface area contributed by atoms with Crippen LogP contribution in [0.15, 0.2) is 0 Å². The molecule has 0 aromatic heterocycles. The predicted molar refractivity (Wildman–Crippen MR) is 77.8 cm³/mol. The first-order valence-electron chi connectivity index (χ1n) is 6.12. The van der Waals surface area contributed by atoms with Crippen molar-refractivity contribution in [2.75, 3.05) is 6.61 Å². The van der Waals surface area contributed by atoms with E-state index in [0.717, 1.165) is 0 Å². The summed E-state index contributed by atoms with van der Waals surface area (Å²) in [5.41, 5.74) is 0. The van der Waals surface area contributed by atoms with Crippen LogP contribution in [0.25, 0.3) is 0 Å². The zero-order valence-corrected chi connectivity index (χ0v) is 13.5. The minimum atomic E-state index is -0.962. The molecule has 0 aromatic rings. The van der Waals surface area contributed by atoms with Gasteiger partial charge in [-0.15, -0.1) is 0 Å². The van der Waals surface area contributed by atoms with Gasteiger partial charge in [0.1, 0.15) is 6.10 Å². The van der Waals surface area contributed by atoms with Gasteiger partial charge in [0.2, 0.25) is 5.91 Å². The number of amides is 2. The van der Waals surface area contributed by atoms with Crippen LogP contribution in [0.5, 0.6) is 0 Å². The number of hydrogen-bond acceptors (Lipinski definition) is 5. The smallest absolute Gasteiger partial charge is 0.306 e. The first-order chi connectivity index (χ1) is 8.81. The number of imide groups is 1. The van der Waals surface area contributed by atoms with E-state index in [0.29, 0.717) is 6.42 Å². The molecule has 110 valence electrons. The van der Waals surface area contributed by atoms with E-state index in [-0.39, 0.29) is 18.4 Å². The lowest BCUT2D eigenvalue weighted by Gasteiger charge is -2.21. The maximum atomic E-state index is 11.7. The van der Waals surface area contributed by atoms with Crippen molar-refractivity contribution in [3.05, 3.63) is 0 Å². The Bertz CT molecular complexity index is 332. The van der Waals surface area contributed by atoms with Crippen LogP contribution in [-0.4, -0.2) is 33.6 Å². The summed E-state index contributed by atoms with van der Waals surface area (Å²) >= 11 is 1.41. The number of halogens is 1. The van der Waals surface area contributed by atoms with Crippen molar-refractivity contribution < 1.29 is 24.2 Å². The third kappa shape index (κ3) is 7.46. The lowest BCUT2D eigenvalue weighted by molar-refractivity contribution is -0.154. The highest BCUT2D eigenvalue weighted by molar-refractivity contribution is 14.1. The van der Waals surface area contributed by atoms with Crippen LogP contribution in [-0.2, 0) is 14.3 Å². The van der Waals surface area contributed by atoms with E-state index in [1.54, 1.807) is 0 Å². The van der Waals surface area contributed by atoms with Gasteiger partial charge in [0, 0.05) is 22.6 Å². The van der Waals surface area contributed by atoms with Crippen molar-refractivity contribution in [2.45, 2.75) is 39.7 Å². The molecular formula is C12H20INO5. The summed E-state index contributed by atoms with van der Waals surface area (Å²) in [7, 11) is 0. The zero-order chi connectivity index (χ0) is 15.0. The molecule has 0 rings (SSSR count). The number of aliphatic hydroxyl groups excluding tert-OH is 1. The summed E-state index contributed by atoms with van der Waals surface area (Å²) in [6, 6.07) is 0. The largest absolute Gasteiger partial charge is 0.462 e. The van der Waals surface area contributed by atoms with Crippen LogP contribution in [0.1, 0.15) is 33.6 Å². The van der Waals surface area contributed by atoms with Crippen molar-refractivity contribution in [1.82, 2.24) is 5.32 Å². The zero-order valence-electron chi connectivity index (χ0n) is 11.3. The highest BCUT2D eigenvalue weighted by Crippen LogP contribution is 2.13. The molecule has 2 amide bonds. The minimum Gasteiger partial charge on any atom is -0.462 e. The molecule has 0 saturated carbocycles. The van der Waals surface area contributed by atoms with Gasteiger partial charge in [-0.25, -0.2) is 0 Å². The summed E-state index contributed by atoms with van der Waals surface area (Å²) in [6.45, 7) is 5.27. The van der Waals surface area contributed by atoms with Crippen LogP contribution in [0.4, 0.5) is 4.79 Å². The molecule has 2 atom stereocenters. The predicted octanol–water partition coefficient (Wildman–Crippen LogP) is 1.63. The average Bonchev–Trinajstić information content (AvgIpc) is 2.31. The fourth-order valence-corrected chi connectivity index (χ4v) is 1.81. The monoisotopic (exact) mass is 385 g/mol. The number of rotatable bonds is 7. The molecule has 0 spiro atoms. The molecule has 6 nitrogen and oxygen atoms in total. The molecule has 0 heterocycles. The maximum absolute atomic E-state index is 11.7. The number of carbonyl (C=O) groups excluding carboxylic acids is 3. The lowest BCUT2D eigenvalue weighted by atomic mass is 10.0. The minimum absolute atomic E-state index is 0.186. The summed E-state index contributed by atoms with van der Waals surface area (Å²) in [5.74, 6) is -1.99. The highest BCUT2D eigenvalue weighted by Gasteiger charge is 2.25. The summed E-state index contributed by atoms with van der Waals surface area (Å²) in [6.07, 6.45) is 0.238. The van der Waals surface area contributed by atoms with Gasteiger partial charge in [-0.1, -0.05) is 20.8 Å². The molecule has 0 aliphatic carbocycles. The molecule has 7 heteroatoms. The van der Waals surface area contributed by atoms with Gasteiger partial charge in [0.05, 0.1) is 18.9 Å². The number of aliphatic hydroxyl groups is 1. The molecule has 19 heavy (non-hydrogen) atoms. The van der Waals surface area contributed by atoms with Crippen molar-refractivity contribution in [3.8, 4) is 0 Å². The molecule has 0 bridgehead atoms. The van der Waals surface area contributed by atoms with Crippen molar-refractivity contribution in [1.29, 1.82) is 0 Å². The van der Waals surface area contributed by atoms with Gasteiger partial charge in [-0.05, 0) is 12.3 Å². The second-order valence-corrected chi connectivity index (χ2v) is 5.51. The standard InChI is InChI=1S/C12H20INO5/c1-4-9(7(2)3)19-10(16)5-8(6-15)11(17)14-12(13)18/h7-9,15H,4-6H2,1-3H3,(H,14,17,18). The van der Waals surface area contributed by atoms with E-state index in [9.17, 15) is 14.4 Å². The van der Waals surface area contributed by atoms with Gasteiger partial charge in [-0.3, -0.25) is 19.7 Å². The number of esters is 1. The van der Waals surface area contributed by atoms with Gasteiger partial charge in [0.15, 0.2) is 0 Å². The Hall–Kier alpha value is -0.700. The Balaban J connectivity index is 4.42. The van der Waals surface area contributed by atoms with Crippen molar-refractivity contribution in [2.24, 2.45) is 11.8 Å². The first-order valence-corrected chi connectivity index (χ1v) is 7.20. The second-order valence-electron chi connectivity index (χ2n) is 4.53. The Kier molecular flexibility index (Phi) is 8.90. The number of carbonyl (C=O) groups is 3. The normalized spacial score (nSPS) is 13.8. The van der Waals surface area contributed by atoms with Crippen LogP contribution < -0.4 is 5.32 Å². The fraction of sp³-hybridized carbons (Fsp3) is 0.750. The Morgan fingerprint density at radius 3 is 2.26 bits per heavy atom. The Morgan fingerprint density at radius 1 is 1.32 bits per heavy atom. The second kappa shape index (κ2) is 9.24.